The van der Waals surface area contributed by atoms with Gasteiger partial charge in [-0.05, 0) is 25.8 Å². The van der Waals surface area contributed by atoms with Crippen molar-refractivity contribution in [1.29, 1.82) is 0 Å². The fourth-order valence-corrected chi connectivity index (χ4v) is 1.52. The van der Waals surface area contributed by atoms with Gasteiger partial charge < -0.3 is 15.0 Å². The first-order valence-corrected chi connectivity index (χ1v) is 4.87. The van der Waals surface area contributed by atoms with E-state index in [1.165, 1.54) is 0 Å². The maximum Gasteiger partial charge on any atom is 0.355 e. The van der Waals surface area contributed by atoms with Crippen molar-refractivity contribution in [2.24, 2.45) is 0 Å². The van der Waals surface area contributed by atoms with Crippen LogP contribution >= 0.6 is 0 Å². The molecule has 2 N–H and O–H groups in total. The zero-order valence-corrected chi connectivity index (χ0v) is 8.19. The predicted molar refractivity (Wildman–Crippen MR) is 53.1 cm³/mol. The average Bonchev–Trinajstić information content (AvgIpc) is 2.90. The van der Waals surface area contributed by atoms with E-state index >= 15 is 0 Å². The van der Waals surface area contributed by atoms with Crippen LogP contribution in [0.2, 0.25) is 0 Å². The Labute approximate surface area is 82.6 Å². The van der Waals surface area contributed by atoms with E-state index < -0.39 is 0 Å². The normalized spacial score (nSPS) is 15.5. The van der Waals surface area contributed by atoms with Crippen LogP contribution in [0.25, 0.3) is 0 Å². The zero-order valence-electron chi connectivity index (χ0n) is 8.19. The molecule has 0 saturated heterocycles. The van der Waals surface area contributed by atoms with Gasteiger partial charge in [0.15, 0.2) is 0 Å². The Bertz CT molecular complexity index is 353. The molecule has 1 aromatic heterocycles. The molecule has 0 atom stereocenters. The van der Waals surface area contributed by atoms with Gasteiger partial charge in [0.2, 0.25) is 0 Å². The van der Waals surface area contributed by atoms with Gasteiger partial charge in [-0.3, -0.25) is 0 Å². The molecule has 0 spiro atoms. The second kappa shape index (κ2) is 3.36. The number of esters is 1. The van der Waals surface area contributed by atoms with E-state index in [0.717, 1.165) is 12.8 Å². The maximum absolute atomic E-state index is 11.5. The average molecular weight is 194 g/mol. The summed E-state index contributed by atoms with van der Waals surface area (Å²) >= 11 is 0. The highest BCUT2D eigenvalue weighted by Gasteiger charge is 2.28. The van der Waals surface area contributed by atoms with Gasteiger partial charge in [-0.1, -0.05) is 0 Å². The topological polar surface area (TPSA) is 57.2 Å². The third-order valence-corrected chi connectivity index (χ3v) is 2.29. The van der Waals surface area contributed by atoms with Crippen LogP contribution < -0.4 is 5.73 Å². The van der Waals surface area contributed by atoms with Crippen molar-refractivity contribution < 1.29 is 9.53 Å². The summed E-state index contributed by atoms with van der Waals surface area (Å²) in [5.74, 6) is -0.281. The third-order valence-electron chi connectivity index (χ3n) is 2.29. The summed E-state index contributed by atoms with van der Waals surface area (Å²) in [7, 11) is 0. The van der Waals surface area contributed by atoms with Crippen LogP contribution in [0.5, 0.6) is 0 Å². The van der Waals surface area contributed by atoms with Gasteiger partial charge in [-0.2, -0.15) is 0 Å². The lowest BCUT2D eigenvalue weighted by Crippen LogP contribution is -2.10. The molecule has 0 aliphatic heterocycles. The second-order valence-electron chi connectivity index (χ2n) is 3.52. The number of nitrogens with two attached hydrogens (primary N) is 1. The molecule has 1 aliphatic rings. The monoisotopic (exact) mass is 194 g/mol. The molecule has 1 aromatic rings. The molecule has 4 nitrogen and oxygen atoms in total. The van der Waals surface area contributed by atoms with E-state index in [-0.39, 0.29) is 5.97 Å². The highest BCUT2D eigenvalue weighted by molar-refractivity contribution is 5.89. The summed E-state index contributed by atoms with van der Waals surface area (Å²) < 4.78 is 6.87. The van der Waals surface area contributed by atoms with Crippen molar-refractivity contribution in [3.05, 3.63) is 18.0 Å². The summed E-state index contributed by atoms with van der Waals surface area (Å²) in [6, 6.07) is 2.13. The quantitative estimate of drug-likeness (QED) is 0.743. The molecule has 0 unspecified atom stereocenters. The van der Waals surface area contributed by atoms with Gasteiger partial charge in [0.25, 0.3) is 0 Å². The fraction of sp³-hybridized carbons (Fsp3) is 0.500. The van der Waals surface area contributed by atoms with E-state index in [1.807, 2.05) is 10.8 Å². The van der Waals surface area contributed by atoms with Crippen molar-refractivity contribution in [3.8, 4) is 0 Å². The minimum absolute atomic E-state index is 0.281. The number of aromatic nitrogens is 1. The van der Waals surface area contributed by atoms with E-state index in [1.54, 1.807) is 13.0 Å². The lowest BCUT2D eigenvalue weighted by atomic mass is 10.4. The lowest BCUT2D eigenvalue weighted by Gasteiger charge is -2.05. The van der Waals surface area contributed by atoms with Crippen LogP contribution in [0.15, 0.2) is 12.3 Å². The molecule has 1 aliphatic carbocycles. The number of nitrogen functional groups attached to an aromatic ring is 1. The number of rotatable bonds is 3. The smallest absolute Gasteiger partial charge is 0.355 e. The van der Waals surface area contributed by atoms with Gasteiger partial charge in [0, 0.05) is 12.2 Å². The van der Waals surface area contributed by atoms with E-state index in [4.69, 9.17) is 10.5 Å². The lowest BCUT2D eigenvalue weighted by molar-refractivity contribution is 0.0513. The van der Waals surface area contributed by atoms with E-state index in [9.17, 15) is 4.79 Å². The molecule has 0 bridgehead atoms. The van der Waals surface area contributed by atoms with Gasteiger partial charge in [-0.15, -0.1) is 0 Å². The van der Waals surface area contributed by atoms with Crippen LogP contribution in [0.4, 0.5) is 5.69 Å². The molecule has 2 rings (SSSR count). The van der Waals surface area contributed by atoms with Crippen LogP contribution in [0.3, 0.4) is 0 Å². The van der Waals surface area contributed by atoms with Crippen molar-refractivity contribution in [2.45, 2.75) is 25.8 Å². The predicted octanol–water partition coefficient (Wildman–Crippen LogP) is 1.58. The summed E-state index contributed by atoms with van der Waals surface area (Å²) in [6.45, 7) is 2.19. The maximum atomic E-state index is 11.5. The van der Waals surface area contributed by atoms with Crippen LogP contribution in [-0.2, 0) is 4.74 Å². The Hall–Kier alpha value is -1.45. The van der Waals surface area contributed by atoms with Gasteiger partial charge >= 0.3 is 5.97 Å². The first-order valence-electron chi connectivity index (χ1n) is 4.87. The van der Waals surface area contributed by atoms with Crippen LogP contribution in [0.1, 0.15) is 36.3 Å². The first kappa shape index (κ1) is 9.12. The number of anilines is 1. The Balaban J connectivity index is 2.26. The number of hydrogen-bond donors (Lipinski definition) is 1. The first-order chi connectivity index (χ1) is 6.72. The number of ether oxygens (including phenoxy) is 1. The van der Waals surface area contributed by atoms with Crippen molar-refractivity contribution in [3.63, 3.8) is 0 Å². The summed E-state index contributed by atoms with van der Waals surface area (Å²) in [5, 5.41) is 0. The number of nitrogens with zero attached hydrogens (tertiary/aromatic N) is 1. The number of carbonyl (C=O) groups is 1. The van der Waals surface area contributed by atoms with E-state index in [0.29, 0.717) is 24.0 Å². The minimum atomic E-state index is -0.281. The number of hydrogen-bond acceptors (Lipinski definition) is 3. The zero-order chi connectivity index (χ0) is 10.1. The molecule has 4 heteroatoms. The molecule has 0 amide bonds. The molecular weight excluding hydrogens is 180 g/mol. The highest BCUT2D eigenvalue weighted by Crippen LogP contribution is 2.37. The molecule has 1 saturated carbocycles. The Morgan fingerprint density at radius 3 is 3.00 bits per heavy atom. The third kappa shape index (κ3) is 1.60. The molecule has 76 valence electrons. The van der Waals surface area contributed by atoms with Crippen LogP contribution in [-0.4, -0.2) is 17.1 Å². The molecule has 14 heavy (non-hydrogen) atoms. The Kier molecular flexibility index (Phi) is 2.19. The second-order valence-corrected chi connectivity index (χ2v) is 3.52. The molecule has 1 heterocycles. The fourth-order valence-electron chi connectivity index (χ4n) is 1.52. The van der Waals surface area contributed by atoms with Gasteiger partial charge in [0.1, 0.15) is 5.69 Å². The van der Waals surface area contributed by atoms with Crippen molar-refractivity contribution in [2.75, 3.05) is 12.3 Å². The minimum Gasteiger partial charge on any atom is -0.461 e. The largest absolute Gasteiger partial charge is 0.461 e. The SMILES string of the molecule is CCOC(=O)c1cc(N)cn1C1CC1. The summed E-state index contributed by atoms with van der Waals surface area (Å²) in [5.41, 5.74) is 6.85. The molecule has 1 fully saturated rings. The molecule has 0 radical (unpaired) electrons. The Morgan fingerprint density at radius 1 is 1.71 bits per heavy atom. The Morgan fingerprint density at radius 2 is 2.43 bits per heavy atom. The van der Waals surface area contributed by atoms with Crippen LogP contribution in [0, 0.1) is 0 Å². The highest BCUT2D eigenvalue weighted by atomic mass is 16.5. The van der Waals surface area contributed by atoms with Gasteiger partial charge in [0.05, 0.1) is 12.3 Å². The standard InChI is InChI=1S/C10H14N2O2/c1-2-14-10(13)9-5-7(11)6-12(9)8-3-4-8/h5-6,8H,2-4,11H2,1H3. The summed E-state index contributed by atoms with van der Waals surface area (Å²) in [6.07, 6.45) is 4.06. The van der Waals surface area contributed by atoms with Crippen molar-refractivity contribution in [1.82, 2.24) is 4.57 Å². The molecular formula is C10H14N2O2. The molecule has 0 aromatic carbocycles. The summed E-state index contributed by atoms with van der Waals surface area (Å²) in [4.78, 5) is 11.5. The number of carbonyl (C=O) groups excluding carboxylic acids is 1. The van der Waals surface area contributed by atoms with E-state index in [2.05, 4.69) is 0 Å². The van der Waals surface area contributed by atoms with Crippen molar-refractivity contribution >= 4 is 11.7 Å². The van der Waals surface area contributed by atoms with Gasteiger partial charge in [-0.25, -0.2) is 4.79 Å².